The Kier molecular flexibility index (Phi) is 4.40. The van der Waals surface area contributed by atoms with Crippen LogP contribution in [-0.2, 0) is 9.84 Å². The van der Waals surface area contributed by atoms with Crippen molar-refractivity contribution in [3.63, 3.8) is 0 Å². The third-order valence-corrected chi connectivity index (χ3v) is 6.35. The van der Waals surface area contributed by atoms with Crippen LogP contribution in [0.25, 0.3) is 5.69 Å². The molecule has 3 rings (SSSR count). The molecular weight excluding hydrogens is 350 g/mol. The number of benzene rings is 1. The van der Waals surface area contributed by atoms with Gasteiger partial charge in [-0.1, -0.05) is 11.6 Å². The summed E-state index contributed by atoms with van der Waals surface area (Å²) >= 11 is 6.16. The molecule has 0 atom stereocenters. The number of amides is 1. The van der Waals surface area contributed by atoms with Crippen molar-refractivity contribution >= 4 is 27.3 Å². The van der Waals surface area contributed by atoms with E-state index < -0.39 is 9.84 Å². The molecule has 8 heteroatoms. The average molecular weight is 368 g/mol. The Morgan fingerprint density at radius 1 is 1.12 bits per heavy atom. The Morgan fingerprint density at radius 2 is 1.71 bits per heavy atom. The van der Waals surface area contributed by atoms with E-state index in [0.29, 0.717) is 10.6 Å². The SMILES string of the molecule is Cc1nn(-c2ccc(C(=O)N3CCS(=O)(=O)CC3)cc2)c(C)c1Cl. The van der Waals surface area contributed by atoms with E-state index in [9.17, 15) is 13.2 Å². The number of carbonyl (C=O) groups is 1. The maximum Gasteiger partial charge on any atom is 0.253 e. The smallest absolute Gasteiger partial charge is 0.253 e. The number of rotatable bonds is 2. The van der Waals surface area contributed by atoms with E-state index in [1.807, 2.05) is 26.0 Å². The Labute approximate surface area is 145 Å². The highest BCUT2D eigenvalue weighted by Gasteiger charge is 2.25. The van der Waals surface area contributed by atoms with Crippen LogP contribution in [0.4, 0.5) is 0 Å². The van der Waals surface area contributed by atoms with Crippen LogP contribution in [0.15, 0.2) is 24.3 Å². The van der Waals surface area contributed by atoms with E-state index in [2.05, 4.69) is 5.10 Å². The van der Waals surface area contributed by atoms with E-state index in [4.69, 9.17) is 11.6 Å². The lowest BCUT2D eigenvalue weighted by Gasteiger charge is -2.26. The van der Waals surface area contributed by atoms with Crippen molar-refractivity contribution in [3.05, 3.63) is 46.2 Å². The Morgan fingerprint density at radius 3 is 2.21 bits per heavy atom. The topological polar surface area (TPSA) is 72.3 Å². The zero-order valence-corrected chi connectivity index (χ0v) is 15.1. The first-order valence-corrected chi connectivity index (χ1v) is 9.80. The molecule has 1 amide bonds. The highest BCUT2D eigenvalue weighted by molar-refractivity contribution is 7.91. The van der Waals surface area contributed by atoms with Crippen LogP contribution in [-0.4, -0.2) is 53.6 Å². The molecule has 2 heterocycles. The molecule has 24 heavy (non-hydrogen) atoms. The van der Waals surface area contributed by atoms with Gasteiger partial charge in [-0.05, 0) is 38.1 Å². The van der Waals surface area contributed by atoms with Gasteiger partial charge in [-0.15, -0.1) is 0 Å². The maximum absolute atomic E-state index is 12.5. The first-order valence-electron chi connectivity index (χ1n) is 7.60. The Bertz CT molecular complexity index is 874. The van der Waals surface area contributed by atoms with E-state index >= 15 is 0 Å². The predicted molar refractivity (Wildman–Crippen MR) is 92.6 cm³/mol. The number of aryl methyl sites for hydroxylation is 1. The number of aromatic nitrogens is 2. The summed E-state index contributed by atoms with van der Waals surface area (Å²) in [5, 5.41) is 5.01. The summed E-state index contributed by atoms with van der Waals surface area (Å²) in [5.41, 5.74) is 2.95. The largest absolute Gasteiger partial charge is 0.337 e. The summed E-state index contributed by atoms with van der Waals surface area (Å²) < 4.78 is 24.7. The van der Waals surface area contributed by atoms with Crippen molar-refractivity contribution in [2.45, 2.75) is 13.8 Å². The molecule has 0 radical (unpaired) electrons. The van der Waals surface area contributed by atoms with Gasteiger partial charge in [-0.2, -0.15) is 5.10 Å². The molecule has 6 nitrogen and oxygen atoms in total. The number of carbonyl (C=O) groups excluding carboxylic acids is 1. The summed E-state index contributed by atoms with van der Waals surface area (Å²) in [6.07, 6.45) is 0. The van der Waals surface area contributed by atoms with Crippen molar-refractivity contribution in [1.82, 2.24) is 14.7 Å². The van der Waals surface area contributed by atoms with Gasteiger partial charge in [0.15, 0.2) is 9.84 Å². The monoisotopic (exact) mass is 367 g/mol. The van der Waals surface area contributed by atoms with Gasteiger partial charge in [0.05, 0.1) is 33.6 Å². The minimum atomic E-state index is -3.00. The number of hydrogen-bond donors (Lipinski definition) is 0. The average Bonchev–Trinajstić information content (AvgIpc) is 2.82. The molecule has 2 aromatic rings. The van der Waals surface area contributed by atoms with Crippen molar-refractivity contribution < 1.29 is 13.2 Å². The van der Waals surface area contributed by atoms with E-state index in [1.165, 1.54) is 0 Å². The first-order chi connectivity index (χ1) is 11.3. The third-order valence-electron chi connectivity index (χ3n) is 4.19. The Balaban J connectivity index is 1.79. The number of hydrogen-bond acceptors (Lipinski definition) is 4. The lowest BCUT2D eigenvalue weighted by atomic mass is 10.1. The molecule has 0 saturated carbocycles. The van der Waals surface area contributed by atoms with Gasteiger partial charge in [0.25, 0.3) is 5.91 Å². The van der Waals surface area contributed by atoms with Gasteiger partial charge >= 0.3 is 0 Å². The lowest BCUT2D eigenvalue weighted by Crippen LogP contribution is -2.43. The minimum Gasteiger partial charge on any atom is -0.337 e. The molecule has 0 aliphatic carbocycles. The fourth-order valence-corrected chi connectivity index (χ4v) is 4.04. The normalized spacial score (nSPS) is 17.0. The molecule has 1 fully saturated rings. The third kappa shape index (κ3) is 3.18. The summed E-state index contributed by atoms with van der Waals surface area (Å²) in [5.74, 6) is -0.0924. The van der Waals surface area contributed by atoms with Crippen molar-refractivity contribution in [1.29, 1.82) is 0 Å². The highest BCUT2D eigenvalue weighted by Crippen LogP contribution is 2.22. The first kappa shape index (κ1) is 17.0. The second-order valence-electron chi connectivity index (χ2n) is 5.89. The maximum atomic E-state index is 12.5. The van der Waals surface area contributed by atoms with Crippen molar-refractivity contribution in [3.8, 4) is 5.69 Å². The number of sulfone groups is 1. The van der Waals surface area contributed by atoms with Crippen LogP contribution in [0.1, 0.15) is 21.7 Å². The molecule has 128 valence electrons. The molecular formula is C16H18ClN3O3S. The van der Waals surface area contributed by atoms with Crippen LogP contribution >= 0.6 is 11.6 Å². The number of nitrogens with zero attached hydrogens (tertiary/aromatic N) is 3. The molecule has 1 aliphatic heterocycles. The zero-order valence-electron chi connectivity index (χ0n) is 13.5. The van der Waals surface area contributed by atoms with Crippen LogP contribution in [0.3, 0.4) is 0 Å². The van der Waals surface area contributed by atoms with Gasteiger partial charge in [0.2, 0.25) is 0 Å². The molecule has 1 aromatic heterocycles. The molecule has 0 spiro atoms. The van der Waals surface area contributed by atoms with Gasteiger partial charge < -0.3 is 4.90 Å². The van der Waals surface area contributed by atoms with Crippen molar-refractivity contribution in [2.75, 3.05) is 24.6 Å². The van der Waals surface area contributed by atoms with Gasteiger partial charge in [0, 0.05) is 18.7 Å². The van der Waals surface area contributed by atoms with Crippen LogP contribution in [0, 0.1) is 13.8 Å². The number of halogens is 1. The van der Waals surface area contributed by atoms with Crippen LogP contribution in [0.2, 0.25) is 5.02 Å². The fourth-order valence-electron chi connectivity index (χ4n) is 2.72. The van der Waals surface area contributed by atoms with Gasteiger partial charge in [-0.3, -0.25) is 4.79 Å². The molecule has 1 aromatic carbocycles. The molecule has 1 aliphatic rings. The van der Waals surface area contributed by atoms with Crippen molar-refractivity contribution in [2.24, 2.45) is 0 Å². The summed E-state index contributed by atoms with van der Waals surface area (Å²) in [4.78, 5) is 14.1. The van der Waals surface area contributed by atoms with E-state index in [1.54, 1.807) is 21.7 Å². The minimum absolute atomic E-state index is 0.0289. The van der Waals surface area contributed by atoms with Crippen LogP contribution < -0.4 is 0 Å². The molecule has 1 saturated heterocycles. The zero-order chi connectivity index (χ0) is 17.5. The molecule has 0 bridgehead atoms. The second kappa shape index (κ2) is 6.22. The summed E-state index contributed by atoms with van der Waals surface area (Å²) in [6, 6.07) is 7.07. The highest BCUT2D eigenvalue weighted by atomic mass is 35.5. The molecule has 0 N–H and O–H groups in total. The molecule has 0 unspecified atom stereocenters. The summed E-state index contributed by atoms with van der Waals surface area (Å²) in [6.45, 7) is 4.22. The standard InChI is InChI=1S/C16H18ClN3O3S/c1-11-15(17)12(2)20(18-11)14-5-3-13(4-6-14)16(21)19-7-9-24(22,23)10-8-19/h3-6H,7-10H2,1-2H3. The quantitative estimate of drug-likeness (QED) is 0.814. The Hall–Kier alpha value is -1.86. The van der Waals surface area contributed by atoms with E-state index in [-0.39, 0.29) is 30.5 Å². The second-order valence-corrected chi connectivity index (χ2v) is 8.57. The van der Waals surface area contributed by atoms with Gasteiger partial charge in [0.1, 0.15) is 0 Å². The summed E-state index contributed by atoms with van der Waals surface area (Å²) in [7, 11) is -3.00. The van der Waals surface area contributed by atoms with Gasteiger partial charge in [-0.25, -0.2) is 13.1 Å². The van der Waals surface area contributed by atoms with E-state index in [0.717, 1.165) is 17.1 Å². The fraction of sp³-hybridized carbons (Fsp3) is 0.375. The predicted octanol–water partition coefficient (Wildman–Crippen LogP) is 2.01. The van der Waals surface area contributed by atoms with Crippen LogP contribution in [0.5, 0.6) is 0 Å². The lowest BCUT2D eigenvalue weighted by molar-refractivity contribution is 0.0770.